The van der Waals surface area contributed by atoms with Gasteiger partial charge in [0.05, 0.1) is 5.60 Å². The van der Waals surface area contributed by atoms with Crippen LogP contribution in [0.3, 0.4) is 0 Å². The van der Waals surface area contributed by atoms with Crippen molar-refractivity contribution in [2.75, 3.05) is 6.61 Å². The third-order valence-corrected chi connectivity index (χ3v) is 5.63. The quantitative estimate of drug-likeness (QED) is 0.573. The van der Waals surface area contributed by atoms with Gasteiger partial charge in [0.1, 0.15) is 0 Å². The van der Waals surface area contributed by atoms with Gasteiger partial charge in [-0.3, -0.25) is 0 Å². The van der Waals surface area contributed by atoms with Crippen LogP contribution >= 0.6 is 22.6 Å². The first-order valence-corrected chi connectivity index (χ1v) is 6.57. The van der Waals surface area contributed by atoms with Crippen molar-refractivity contribution in [1.82, 2.24) is 0 Å². The molecule has 4 unspecified atom stereocenters. The van der Waals surface area contributed by atoms with Crippen molar-refractivity contribution in [3.8, 4) is 0 Å². The van der Waals surface area contributed by atoms with Crippen molar-refractivity contribution in [2.45, 2.75) is 47.5 Å². The Hall–Kier alpha value is 0.650. The molecular formula is C11H17IO2. The molecule has 4 fully saturated rings. The number of alkyl halides is 1. The van der Waals surface area contributed by atoms with Crippen LogP contribution < -0.4 is 0 Å². The largest absolute Gasteiger partial charge is 0.396 e. The van der Waals surface area contributed by atoms with E-state index in [1.165, 1.54) is 6.42 Å². The summed E-state index contributed by atoms with van der Waals surface area (Å²) in [6.07, 6.45) is 6.32. The van der Waals surface area contributed by atoms with Crippen LogP contribution in [0.4, 0.5) is 0 Å². The highest BCUT2D eigenvalue weighted by atomic mass is 127. The first kappa shape index (κ1) is 9.85. The standard InChI is InChI=1S/C11H17IO2/c12-10-2-8-1-9(4-10,7-13)5-11(14,3-8)6-10/h8,13-14H,1-7H2. The van der Waals surface area contributed by atoms with Gasteiger partial charge in [-0.25, -0.2) is 0 Å². The molecule has 0 heterocycles. The van der Waals surface area contributed by atoms with Gasteiger partial charge in [0.15, 0.2) is 0 Å². The molecule has 4 saturated carbocycles. The van der Waals surface area contributed by atoms with Gasteiger partial charge in [0, 0.05) is 10.0 Å². The lowest BCUT2D eigenvalue weighted by Gasteiger charge is -2.63. The molecule has 4 rings (SSSR count). The van der Waals surface area contributed by atoms with E-state index >= 15 is 0 Å². The molecule has 2 N–H and O–H groups in total. The Kier molecular flexibility index (Phi) is 1.87. The molecule has 0 aromatic carbocycles. The van der Waals surface area contributed by atoms with E-state index in [4.69, 9.17) is 0 Å². The average Bonchev–Trinajstić information content (AvgIpc) is 1.97. The van der Waals surface area contributed by atoms with Crippen molar-refractivity contribution in [2.24, 2.45) is 11.3 Å². The van der Waals surface area contributed by atoms with Gasteiger partial charge in [0.2, 0.25) is 0 Å². The normalized spacial score (nSPS) is 60.6. The third kappa shape index (κ3) is 1.28. The van der Waals surface area contributed by atoms with Crippen molar-refractivity contribution < 1.29 is 10.2 Å². The van der Waals surface area contributed by atoms with Crippen LogP contribution in [0, 0.1) is 11.3 Å². The zero-order chi connectivity index (χ0) is 10.0. The Bertz CT molecular complexity index is 260. The van der Waals surface area contributed by atoms with Gasteiger partial charge in [-0.05, 0) is 49.9 Å². The first-order chi connectivity index (χ1) is 6.47. The van der Waals surface area contributed by atoms with Gasteiger partial charge in [0.25, 0.3) is 0 Å². The lowest BCUT2D eigenvalue weighted by atomic mass is 9.48. The highest BCUT2D eigenvalue weighted by Gasteiger charge is 2.61. The van der Waals surface area contributed by atoms with Gasteiger partial charge >= 0.3 is 0 Å². The summed E-state index contributed by atoms with van der Waals surface area (Å²) >= 11 is 2.54. The fraction of sp³-hybridized carbons (Fsp3) is 1.00. The molecule has 2 nitrogen and oxygen atoms in total. The minimum absolute atomic E-state index is 0.0648. The second-order valence-corrected chi connectivity index (χ2v) is 8.33. The second-order valence-electron chi connectivity index (χ2n) is 6.04. The minimum Gasteiger partial charge on any atom is -0.396 e. The van der Waals surface area contributed by atoms with E-state index in [2.05, 4.69) is 22.6 Å². The molecule has 4 bridgehead atoms. The summed E-state index contributed by atoms with van der Waals surface area (Å²) in [4.78, 5) is 0. The molecule has 3 heteroatoms. The Balaban J connectivity index is 2.01. The molecule has 4 aliphatic carbocycles. The highest BCUT2D eigenvalue weighted by molar-refractivity contribution is 14.1. The Morgan fingerprint density at radius 2 is 1.93 bits per heavy atom. The molecular weight excluding hydrogens is 291 g/mol. The lowest BCUT2D eigenvalue weighted by Crippen LogP contribution is -2.61. The summed E-state index contributed by atoms with van der Waals surface area (Å²) < 4.78 is 0.286. The molecule has 0 saturated heterocycles. The average molecular weight is 308 g/mol. The Morgan fingerprint density at radius 1 is 1.14 bits per heavy atom. The first-order valence-electron chi connectivity index (χ1n) is 5.49. The second kappa shape index (κ2) is 2.66. The molecule has 14 heavy (non-hydrogen) atoms. The third-order valence-electron chi connectivity index (χ3n) is 4.42. The fourth-order valence-electron chi connectivity index (χ4n) is 4.64. The predicted molar refractivity (Wildman–Crippen MR) is 62.4 cm³/mol. The summed E-state index contributed by atoms with van der Waals surface area (Å²) in [5.74, 6) is 0.667. The van der Waals surface area contributed by atoms with Crippen molar-refractivity contribution >= 4 is 22.6 Å². The number of halogens is 1. The maximum absolute atomic E-state index is 10.4. The molecule has 0 aromatic heterocycles. The highest BCUT2D eigenvalue weighted by Crippen LogP contribution is 2.65. The van der Waals surface area contributed by atoms with E-state index in [0.29, 0.717) is 5.92 Å². The molecule has 0 amide bonds. The molecule has 0 spiro atoms. The number of aliphatic hydroxyl groups excluding tert-OH is 1. The summed E-state index contributed by atoms with van der Waals surface area (Å²) in [6.45, 7) is 0.274. The van der Waals surface area contributed by atoms with E-state index in [9.17, 15) is 10.2 Å². The van der Waals surface area contributed by atoms with E-state index < -0.39 is 5.60 Å². The Morgan fingerprint density at radius 3 is 2.50 bits per heavy atom. The van der Waals surface area contributed by atoms with Crippen molar-refractivity contribution in [3.63, 3.8) is 0 Å². The summed E-state index contributed by atoms with van der Waals surface area (Å²) in [5, 5.41) is 20.0. The Labute approximate surface area is 98.2 Å². The van der Waals surface area contributed by atoms with Crippen LogP contribution in [0.25, 0.3) is 0 Å². The minimum atomic E-state index is -0.441. The zero-order valence-corrected chi connectivity index (χ0v) is 10.5. The van der Waals surface area contributed by atoms with Crippen molar-refractivity contribution in [3.05, 3.63) is 0 Å². The topological polar surface area (TPSA) is 40.5 Å². The smallest absolute Gasteiger partial charge is 0.0669 e. The summed E-state index contributed by atoms with van der Waals surface area (Å²) in [7, 11) is 0. The van der Waals surface area contributed by atoms with E-state index in [1.807, 2.05) is 0 Å². The summed E-state index contributed by atoms with van der Waals surface area (Å²) in [5.41, 5.74) is -0.376. The van der Waals surface area contributed by atoms with Crippen molar-refractivity contribution in [1.29, 1.82) is 0 Å². The molecule has 4 atom stereocenters. The van der Waals surface area contributed by atoms with Crippen LogP contribution in [-0.2, 0) is 0 Å². The van der Waals surface area contributed by atoms with E-state index in [-0.39, 0.29) is 15.4 Å². The molecule has 80 valence electrons. The number of rotatable bonds is 1. The van der Waals surface area contributed by atoms with Gasteiger partial charge < -0.3 is 10.2 Å². The monoisotopic (exact) mass is 308 g/mol. The van der Waals surface area contributed by atoms with E-state index in [0.717, 1.165) is 32.1 Å². The van der Waals surface area contributed by atoms with Gasteiger partial charge in [-0.1, -0.05) is 22.6 Å². The molecule has 4 aliphatic rings. The van der Waals surface area contributed by atoms with Crippen LogP contribution in [0.5, 0.6) is 0 Å². The fourth-order valence-corrected chi connectivity index (χ4v) is 6.78. The predicted octanol–water partition coefficient (Wildman–Crippen LogP) is 1.87. The molecule has 0 aliphatic heterocycles. The maximum atomic E-state index is 10.4. The number of hydrogen-bond donors (Lipinski definition) is 2. The van der Waals surface area contributed by atoms with Crippen LogP contribution in [-0.4, -0.2) is 25.8 Å². The maximum Gasteiger partial charge on any atom is 0.0669 e. The van der Waals surface area contributed by atoms with E-state index in [1.54, 1.807) is 0 Å². The van der Waals surface area contributed by atoms with Crippen LogP contribution in [0.2, 0.25) is 0 Å². The molecule has 0 aromatic rings. The van der Waals surface area contributed by atoms with Gasteiger partial charge in [-0.15, -0.1) is 0 Å². The van der Waals surface area contributed by atoms with Gasteiger partial charge in [-0.2, -0.15) is 0 Å². The van der Waals surface area contributed by atoms with Crippen LogP contribution in [0.15, 0.2) is 0 Å². The summed E-state index contributed by atoms with van der Waals surface area (Å²) in [6, 6.07) is 0. The zero-order valence-electron chi connectivity index (χ0n) is 8.30. The molecule has 0 radical (unpaired) electrons. The number of aliphatic hydroxyl groups is 2. The lowest BCUT2D eigenvalue weighted by molar-refractivity contribution is -0.161. The SMILES string of the molecule is OCC12CC3CC(O)(CC(I)(C3)C1)C2. The van der Waals surface area contributed by atoms with Crippen LogP contribution in [0.1, 0.15) is 38.5 Å². The number of hydrogen-bond acceptors (Lipinski definition) is 2.